The minimum atomic E-state index is -0.139. The second-order valence-corrected chi connectivity index (χ2v) is 5.37. The zero-order valence-electron chi connectivity index (χ0n) is 13.0. The fraction of sp³-hybridized carbons (Fsp3) is 0.263. The van der Waals surface area contributed by atoms with Gasteiger partial charge in [-0.25, -0.2) is 0 Å². The molecule has 0 N–H and O–H groups in total. The van der Waals surface area contributed by atoms with Gasteiger partial charge in [-0.1, -0.05) is 38.5 Å². The zero-order chi connectivity index (χ0) is 15.2. The van der Waals surface area contributed by atoms with Gasteiger partial charge in [0.1, 0.15) is 11.5 Å². The van der Waals surface area contributed by atoms with Crippen LogP contribution in [0.25, 0.3) is 0 Å². The van der Waals surface area contributed by atoms with Crippen molar-refractivity contribution in [2.45, 2.75) is 26.7 Å². The van der Waals surface area contributed by atoms with Crippen molar-refractivity contribution in [1.82, 2.24) is 0 Å². The number of carbonyl (C=O) groups is 1. The van der Waals surface area contributed by atoms with Crippen LogP contribution in [-0.4, -0.2) is 5.78 Å². The van der Waals surface area contributed by atoms with Crippen LogP contribution in [0.4, 0.5) is 0 Å². The van der Waals surface area contributed by atoms with E-state index in [-0.39, 0.29) is 26.8 Å². The van der Waals surface area contributed by atoms with Crippen molar-refractivity contribution in [3.8, 4) is 11.5 Å². The van der Waals surface area contributed by atoms with Gasteiger partial charge in [0.05, 0.1) is 0 Å². The molecule has 0 aliphatic heterocycles. The van der Waals surface area contributed by atoms with E-state index in [1.165, 1.54) is 0 Å². The monoisotopic (exact) mass is 465 g/mol. The van der Waals surface area contributed by atoms with E-state index in [0.717, 1.165) is 29.9 Å². The molecule has 0 aliphatic rings. The molecule has 3 heteroatoms. The van der Waals surface area contributed by atoms with Gasteiger partial charge in [0.25, 0.3) is 0 Å². The molecule has 0 spiro atoms. The summed E-state index contributed by atoms with van der Waals surface area (Å²) in [4.78, 5) is 11.7. The third kappa shape index (κ3) is 5.03. The van der Waals surface area contributed by atoms with Gasteiger partial charge in [0.2, 0.25) is 0 Å². The maximum atomic E-state index is 11.7. The van der Waals surface area contributed by atoms with Crippen LogP contribution in [0.1, 0.15) is 36.2 Å². The Balaban J connectivity index is 0.00000242. The van der Waals surface area contributed by atoms with Gasteiger partial charge < -0.3 is 9.53 Å². The molecule has 0 heterocycles. The number of Topliss-reactive ketones (excluding diaryl/α,β-unsaturated/α-hetero) is 1. The molecule has 0 saturated carbocycles. The van der Waals surface area contributed by atoms with Gasteiger partial charge in [-0.2, -0.15) is 6.92 Å². The Kier molecular flexibility index (Phi) is 7.41. The van der Waals surface area contributed by atoms with E-state index in [4.69, 9.17) is 4.74 Å². The molecular weight excluding hydrogens is 444 g/mol. The topological polar surface area (TPSA) is 26.3 Å². The van der Waals surface area contributed by atoms with Crippen molar-refractivity contribution in [1.29, 1.82) is 0 Å². The van der Waals surface area contributed by atoms with Crippen molar-refractivity contribution < 1.29 is 30.6 Å². The number of carbonyl (C=O) groups excluding carboxylic acids is 1. The molecule has 116 valence electrons. The predicted molar refractivity (Wildman–Crippen MR) is 85.8 cm³/mol. The minimum absolute atomic E-state index is 0. The first kappa shape index (κ1) is 18.5. The zero-order valence-corrected chi connectivity index (χ0v) is 16.0. The van der Waals surface area contributed by atoms with Crippen molar-refractivity contribution in [2.24, 2.45) is 5.92 Å². The molecule has 0 bridgehead atoms. The van der Waals surface area contributed by atoms with E-state index in [1.54, 1.807) is 0 Å². The molecule has 2 rings (SSSR count). The summed E-state index contributed by atoms with van der Waals surface area (Å²) in [6, 6.07) is 15.2. The van der Waals surface area contributed by atoms with E-state index < -0.39 is 0 Å². The third-order valence-corrected chi connectivity index (χ3v) is 3.62. The smallest absolute Gasteiger partial charge is 0.127 e. The van der Waals surface area contributed by atoms with Crippen LogP contribution in [0.3, 0.4) is 0 Å². The summed E-state index contributed by atoms with van der Waals surface area (Å²) in [5.41, 5.74) is 1.70. The number of hydrogen-bond donors (Lipinski definition) is 0. The summed E-state index contributed by atoms with van der Waals surface area (Å²) in [5, 5.41) is 0. The van der Waals surface area contributed by atoms with Gasteiger partial charge in [-0.15, -0.1) is 17.2 Å². The van der Waals surface area contributed by atoms with Crippen LogP contribution < -0.4 is 4.74 Å². The maximum Gasteiger partial charge on any atom is 0.127 e. The summed E-state index contributed by atoms with van der Waals surface area (Å²) >= 11 is 0. The number of hydrogen-bond acceptors (Lipinski definition) is 2. The summed E-state index contributed by atoms with van der Waals surface area (Å²) in [6.07, 6.45) is 1.94. The molecule has 1 unspecified atom stereocenters. The number of ketones is 1. The van der Waals surface area contributed by atoms with Crippen molar-refractivity contribution in [3.63, 3.8) is 0 Å². The molecule has 2 nitrogen and oxygen atoms in total. The Bertz CT molecular complexity index is 608. The molecule has 22 heavy (non-hydrogen) atoms. The standard InChI is InChI=1S/C19H21O2.W/c1-4-14(2)12-16-13-18(10-11-19(16)15(3)20)21-17-8-6-5-7-9-17;/h5-11,13-14H,3-4,12H2,1-2H3;/q-1;. The maximum absolute atomic E-state index is 11.7. The Labute approximate surface area is 147 Å². The van der Waals surface area contributed by atoms with Crippen LogP contribution in [0.2, 0.25) is 0 Å². The van der Waals surface area contributed by atoms with Crippen molar-refractivity contribution >= 4 is 5.78 Å². The SMILES string of the molecule is [CH2-]C(=O)c1ccc(Oc2ccccc2)cc1CC(C)CC.[W]. The summed E-state index contributed by atoms with van der Waals surface area (Å²) in [7, 11) is 0. The quantitative estimate of drug-likeness (QED) is 0.440. The summed E-state index contributed by atoms with van der Waals surface area (Å²) in [5.74, 6) is 1.93. The van der Waals surface area contributed by atoms with Gasteiger partial charge in [0.15, 0.2) is 0 Å². The molecule has 1 atom stereocenters. The molecule has 0 saturated heterocycles. The molecule has 0 radical (unpaired) electrons. The average molecular weight is 465 g/mol. The van der Waals surface area contributed by atoms with Crippen molar-refractivity contribution in [3.05, 3.63) is 66.6 Å². The van der Waals surface area contributed by atoms with Crippen LogP contribution in [-0.2, 0) is 27.5 Å². The molecular formula is C19H21O2W-. The Hall–Kier alpha value is -1.53. The van der Waals surface area contributed by atoms with E-state index in [9.17, 15) is 4.79 Å². The largest absolute Gasteiger partial charge is 0.457 e. The van der Waals surface area contributed by atoms with E-state index >= 15 is 0 Å². The molecule has 0 fully saturated rings. The van der Waals surface area contributed by atoms with Crippen molar-refractivity contribution in [2.75, 3.05) is 0 Å². The average Bonchev–Trinajstić information content (AvgIpc) is 2.48. The van der Waals surface area contributed by atoms with Gasteiger partial charge in [0, 0.05) is 26.8 Å². The fourth-order valence-corrected chi connectivity index (χ4v) is 2.22. The molecule has 2 aromatic carbocycles. The predicted octanol–water partition coefficient (Wildman–Crippen LogP) is 5.08. The van der Waals surface area contributed by atoms with E-state index in [2.05, 4.69) is 20.8 Å². The first-order valence-corrected chi connectivity index (χ1v) is 7.32. The first-order valence-electron chi connectivity index (χ1n) is 7.32. The number of para-hydroxylation sites is 1. The Morgan fingerprint density at radius 1 is 1.14 bits per heavy atom. The first-order chi connectivity index (χ1) is 10.1. The Morgan fingerprint density at radius 2 is 1.82 bits per heavy atom. The second-order valence-electron chi connectivity index (χ2n) is 5.37. The number of rotatable bonds is 6. The van der Waals surface area contributed by atoms with Crippen LogP contribution in [0.5, 0.6) is 11.5 Å². The normalized spacial score (nSPS) is 11.4. The number of ether oxygens (including phenoxy) is 1. The second kappa shape index (κ2) is 8.80. The molecule has 2 aromatic rings. The fourth-order valence-electron chi connectivity index (χ4n) is 2.22. The molecule has 0 aromatic heterocycles. The van der Waals surface area contributed by atoms with Gasteiger partial charge >= 0.3 is 0 Å². The van der Waals surface area contributed by atoms with Crippen LogP contribution >= 0.6 is 0 Å². The minimum Gasteiger partial charge on any atom is -0.457 e. The summed E-state index contributed by atoms with van der Waals surface area (Å²) < 4.78 is 5.84. The summed E-state index contributed by atoms with van der Waals surface area (Å²) in [6.45, 7) is 7.87. The Morgan fingerprint density at radius 3 is 2.41 bits per heavy atom. The van der Waals surface area contributed by atoms with Gasteiger partial charge in [-0.3, -0.25) is 0 Å². The van der Waals surface area contributed by atoms with E-state index in [1.807, 2.05) is 48.5 Å². The van der Waals surface area contributed by atoms with Crippen LogP contribution in [0.15, 0.2) is 48.5 Å². The molecule has 0 aliphatic carbocycles. The van der Waals surface area contributed by atoms with Crippen LogP contribution in [0, 0.1) is 12.8 Å². The van der Waals surface area contributed by atoms with E-state index in [0.29, 0.717) is 11.5 Å². The van der Waals surface area contributed by atoms with Gasteiger partial charge in [-0.05, 0) is 36.6 Å². The number of benzene rings is 2. The molecule has 0 amide bonds. The third-order valence-electron chi connectivity index (χ3n) is 3.62.